The summed E-state index contributed by atoms with van der Waals surface area (Å²) >= 11 is 0. The normalized spacial score (nSPS) is 14.3. The third kappa shape index (κ3) is 5.00. The first-order chi connectivity index (χ1) is 7.93. The lowest BCUT2D eigenvalue weighted by Crippen LogP contribution is -2.30. The Bertz CT molecular complexity index is 366. The van der Waals surface area contributed by atoms with Crippen molar-refractivity contribution < 1.29 is 15.0 Å². The van der Waals surface area contributed by atoms with Crippen molar-refractivity contribution in [3.63, 3.8) is 0 Å². The smallest absolute Gasteiger partial charge is 0.306 e. The predicted octanol–water partition coefficient (Wildman–Crippen LogP) is 2.41. The number of aryl methyl sites for hydroxylation is 1. The van der Waals surface area contributed by atoms with Crippen LogP contribution in [0.5, 0.6) is 0 Å². The molecule has 0 saturated carbocycles. The van der Waals surface area contributed by atoms with E-state index in [2.05, 4.69) is 6.92 Å². The topological polar surface area (TPSA) is 57.5 Å². The maximum atomic E-state index is 10.6. The molecule has 0 aliphatic rings. The molecule has 1 rings (SSSR count). The zero-order valence-electron chi connectivity index (χ0n) is 10.4. The van der Waals surface area contributed by atoms with Crippen LogP contribution in [0.3, 0.4) is 0 Å². The second-order valence-electron chi connectivity index (χ2n) is 4.81. The van der Waals surface area contributed by atoms with Gasteiger partial charge in [0.05, 0.1) is 12.0 Å². The Kier molecular flexibility index (Phi) is 4.70. The molecule has 3 heteroatoms. The van der Waals surface area contributed by atoms with Crippen molar-refractivity contribution >= 4 is 5.97 Å². The van der Waals surface area contributed by atoms with Crippen LogP contribution in [0, 0.1) is 0 Å². The molecule has 17 heavy (non-hydrogen) atoms. The molecule has 2 N–H and O–H groups in total. The first-order valence-electron chi connectivity index (χ1n) is 5.95. The fraction of sp³-hybridized carbons (Fsp3) is 0.500. The van der Waals surface area contributed by atoms with E-state index in [4.69, 9.17) is 5.11 Å². The van der Waals surface area contributed by atoms with Crippen molar-refractivity contribution in [2.45, 2.75) is 45.1 Å². The number of carboxylic acid groups (broad SMARTS) is 1. The van der Waals surface area contributed by atoms with Crippen LogP contribution in [0.25, 0.3) is 0 Å². The number of rotatable bonds is 6. The van der Waals surface area contributed by atoms with Gasteiger partial charge in [0.2, 0.25) is 0 Å². The molecule has 0 saturated heterocycles. The summed E-state index contributed by atoms with van der Waals surface area (Å²) in [7, 11) is 0. The molecule has 0 fully saturated rings. The van der Waals surface area contributed by atoms with Crippen molar-refractivity contribution in [3.05, 3.63) is 35.4 Å². The van der Waals surface area contributed by atoms with Crippen LogP contribution in [0.15, 0.2) is 24.3 Å². The van der Waals surface area contributed by atoms with Gasteiger partial charge in [-0.25, -0.2) is 0 Å². The number of aliphatic hydroxyl groups is 1. The van der Waals surface area contributed by atoms with Gasteiger partial charge in [0.1, 0.15) is 0 Å². The predicted molar refractivity (Wildman–Crippen MR) is 67.0 cm³/mol. The second-order valence-corrected chi connectivity index (χ2v) is 4.81. The second kappa shape index (κ2) is 5.82. The van der Waals surface area contributed by atoms with Crippen LogP contribution in [-0.2, 0) is 17.6 Å². The van der Waals surface area contributed by atoms with E-state index in [1.165, 1.54) is 5.56 Å². The largest absolute Gasteiger partial charge is 0.481 e. The van der Waals surface area contributed by atoms with Crippen molar-refractivity contribution in [2.75, 3.05) is 0 Å². The van der Waals surface area contributed by atoms with E-state index in [0.717, 1.165) is 18.4 Å². The molecule has 1 aromatic rings. The lowest BCUT2D eigenvalue weighted by atomic mass is 9.92. The highest BCUT2D eigenvalue weighted by atomic mass is 16.4. The molecule has 0 radical (unpaired) electrons. The lowest BCUT2D eigenvalue weighted by molar-refractivity contribution is -0.141. The summed E-state index contributed by atoms with van der Waals surface area (Å²) in [6.07, 6.45) is 2.29. The fourth-order valence-electron chi connectivity index (χ4n) is 1.94. The van der Waals surface area contributed by atoms with Gasteiger partial charge in [-0.15, -0.1) is 0 Å². The number of benzene rings is 1. The number of carbonyl (C=O) groups is 1. The van der Waals surface area contributed by atoms with Gasteiger partial charge in [0, 0.05) is 6.42 Å². The highest BCUT2D eigenvalue weighted by Crippen LogP contribution is 2.17. The maximum absolute atomic E-state index is 10.6. The van der Waals surface area contributed by atoms with E-state index in [1.54, 1.807) is 6.92 Å². The van der Waals surface area contributed by atoms with Crippen molar-refractivity contribution in [1.82, 2.24) is 0 Å². The van der Waals surface area contributed by atoms with Crippen LogP contribution >= 0.6 is 0 Å². The van der Waals surface area contributed by atoms with Gasteiger partial charge in [-0.1, -0.05) is 37.6 Å². The number of aliphatic carboxylic acids is 1. The van der Waals surface area contributed by atoms with Crippen LogP contribution in [0.1, 0.15) is 37.8 Å². The minimum Gasteiger partial charge on any atom is -0.481 e. The van der Waals surface area contributed by atoms with E-state index >= 15 is 0 Å². The number of hydrogen-bond acceptors (Lipinski definition) is 2. The molecule has 0 aliphatic carbocycles. The minimum absolute atomic E-state index is 0.232. The molecule has 3 nitrogen and oxygen atoms in total. The van der Waals surface area contributed by atoms with Crippen molar-refractivity contribution in [1.29, 1.82) is 0 Å². The Morgan fingerprint density at radius 3 is 2.24 bits per heavy atom. The molecule has 0 aromatic heterocycles. The van der Waals surface area contributed by atoms with Crippen molar-refractivity contribution in [3.8, 4) is 0 Å². The Morgan fingerprint density at radius 1 is 1.24 bits per heavy atom. The Labute approximate surface area is 102 Å². The summed E-state index contributed by atoms with van der Waals surface area (Å²) in [5, 5.41) is 18.6. The third-order valence-electron chi connectivity index (χ3n) is 2.68. The molecule has 94 valence electrons. The lowest BCUT2D eigenvalue weighted by Gasteiger charge is -2.21. The summed E-state index contributed by atoms with van der Waals surface area (Å²) in [5.41, 5.74) is 1.06. The average Bonchev–Trinajstić information content (AvgIpc) is 2.18. The third-order valence-corrected chi connectivity index (χ3v) is 2.68. The zero-order valence-corrected chi connectivity index (χ0v) is 10.4. The van der Waals surface area contributed by atoms with Crippen LogP contribution in [0.4, 0.5) is 0 Å². The van der Waals surface area contributed by atoms with Crippen LogP contribution in [-0.4, -0.2) is 21.8 Å². The maximum Gasteiger partial charge on any atom is 0.306 e. The van der Waals surface area contributed by atoms with Crippen LogP contribution in [0.2, 0.25) is 0 Å². The first-order valence-corrected chi connectivity index (χ1v) is 5.95. The molecule has 0 aliphatic heterocycles. The number of hydrogen-bond donors (Lipinski definition) is 2. The van der Waals surface area contributed by atoms with E-state index in [1.807, 2.05) is 24.3 Å². The fourth-order valence-corrected chi connectivity index (χ4v) is 1.94. The monoisotopic (exact) mass is 236 g/mol. The average molecular weight is 236 g/mol. The molecule has 0 heterocycles. The summed E-state index contributed by atoms with van der Waals surface area (Å²) in [6.45, 7) is 3.69. The molecule has 0 bridgehead atoms. The van der Waals surface area contributed by atoms with Gasteiger partial charge in [0.15, 0.2) is 0 Å². The molecule has 1 aromatic carbocycles. The Balaban J connectivity index is 2.65. The highest BCUT2D eigenvalue weighted by Gasteiger charge is 2.24. The van der Waals surface area contributed by atoms with E-state index in [0.29, 0.717) is 6.42 Å². The van der Waals surface area contributed by atoms with Gasteiger partial charge in [-0.05, 0) is 24.5 Å². The summed E-state index contributed by atoms with van der Waals surface area (Å²) < 4.78 is 0. The van der Waals surface area contributed by atoms with E-state index in [9.17, 15) is 9.90 Å². The first kappa shape index (κ1) is 13.7. The zero-order chi connectivity index (χ0) is 12.9. The van der Waals surface area contributed by atoms with E-state index in [-0.39, 0.29) is 6.42 Å². The van der Waals surface area contributed by atoms with Crippen molar-refractivity contribution in [2.24, 2.45) is 0 Å². The molecule has 1 atom stereocenters. The van der Waals surface area contributed by atoms with Gasteiger partial charge >= 0.3 is 5.97 Å². The summed E-state index contributed by atoms with van der Waals surface area (Å²) in [5.74, 6) is -0.974. The standard InChI is InChI=1S/C14H20O3/c1-3-4-11-5-7-12(8-6-11)9-14(2,17)10-13(15)16/h5-8,17H,3-4,9-10H2,1-2H3,(H,15,16). The molecular formula is C14H20O3. The summed E-state index contributed by atoms with van der Waals surface area (Å²) in [4.78, 5) is 10.6. The minimum atomic E-state index is -1.18. The Hall–Kier alpha value is -1.35. The molecule has 0 spiro atoms. The van der Waals surface area contributed by atoms with Gasteiger partial charge < -0.3 is 10.2 Å². The SMILES string of the molecule is CCCc1ccc(CC(C)(O)CC(=O)O)cc1. The van der Waals surface area contributed by atoms with Gasteiger partial charge in [-0.2, -0.15) is 0 Å². The summed E-state index contributed by atoms with van der Waals surface area (Å²) in [6, 6.07) is 7.99. The quantitative estimate of drug-likeness (QED) is 0.797. The number of carboxylic acids is 1. The Morgan fingerprint density at radius 2 is 1.76 bits per heavy atom. The molecule has 0 amide bonds. The highest BCUT2D eigenvalue weighted by molar-refractivity contribution is 5.68. The molecular weight excluding hydrogens is 216 g/mol. The van der Waals surface area contributed by atoms with Gasteiger partial charge in [0.25, 0.3) is 0 Å². The van der Waals surface area contributed by atoms with Crippen LogP contribution < -0.4 is 0 Å². The van der Waals surface area contributed by atoms with E-state index < -0.39 is 11.6 Å². The molecule has 1 unspecified atom stereocenters. The van der Waals surface area contributed by atoms with Gasteiger partial charge in [-0.3, -0.25) is 4.79 Å².